The molecule has 0 aliphatic carbocycles. The van der Waals surface area contributed by atoms with Gasteiger partial charge in [0.1, 0.15) is 17.8 Å². The zero-order valence-corrected chi connectivity index (χ0v) is 21.7. The van der Waals surface area contributed by atoms with Gasteiger partial charge in [0, 0.05) is 19.1 Å². The normalized spacial score (nSPS) is 24.0. The van der Waals surface area contributed by atoms with Gasteiger partial charge in [0.2, 0.25) is 17.7 Å². The molecule has 5 atom stereocenters. The average molecular weight is 517 g/mol. The van der Waals surface area contributed by atoms with Gasteiger partial charge in [-0.1, -0.05) is 19.1 Å². The van der Waals surface area contributed by atoms with Gasteiger partial charge in [-0.15, -0.1) is 0 Å². The Hall–Kier alpha value is -3.34. The first kappa shape index (κ1) is 28.2. The first-order chi connectivity index (χ1) is 17.7. The molecule has 204 valence electrons. The first-order valence-corrected chi connectivity index (χ1v) is 13.1. The highest BCUT2D eigenvalue weighted by molar-refractivity contribution is 5.94. The van der Waals surface area contributed by atoms with Gasteiger partial charge in [-0.3, -0.25) is 14.4 Å². The second-order valence-corrected chi connectivity index (χ2v) is 9.80. The molecule has 11 nitrogen and oxygen atoms in total. The molecule has 0 spiro atoms. The van der Waals surface area contributed by atoms with E-state index in [1.54, 1.807) is 18.9 Å². The van der Waals surface area contributed by atoms with Crippen molar-refractivity contribution in [3.05, 3.63) is 29.8 Å². The molecule has 1 unspecified atom stereocenters. The van der Waals surface area contributed by atoms with Crippen molar-refractivity contribution in [1.29, 1.82) is 0 Å². The summed E-state index contributed by atoms with van der Waals surface area (Å²) in [6.45, 7) is 2.54. The Bertz CT molecular complexity index is 955. The van der Waals surface area contributed by atoms with Crippen LogP contribution < -0.4 is 32.2 Å². The van der Waals surface area contributed by atoms with Crippen LogP contribution in [-0.2, 0) is 20.8 Å². The number of carbonyl (C=O) groups excluding carboxylic acids is 4. The zero-order valence-electron chi connectivity index (χ0n) is 21.7. The molecule has 2 fully saturated rings. The van der Waals surface area contributed by atoms with E-state index >= 15 is 0 Å². The standard InChI is InChI=1S/C26H40N6O5/c1-3-20(27)23(33)31-22-17(13-15-30-26(28)36)6-7-18-8-11-21(32(18)25(22)35)24(34)29-14-12-16-4-9-19(37-2)10-5-16/h4-5,9-10,17-18,20-22H,3,6-8,11-15,27H2,1-2H3,(H,29,34)(H,31,33)(H3,28,30,36)/t17-,18+,20+,21+,22?/m1/s1. The number of benzene rings is 1. The molecule has 0 saturated carbocycles. The summed E-state index contributed by atoms with van der Waals surface area (Å²) in [6.07, 6.45) is 4.26. The van der Waals surface area contributed by atoms with Crippen LogP contribution in [0.3, 0.4) is 0 Å². The van der Waals surface area contributed by atoms with E-state index in [9.17, 15) is 19.2 Å². The van der Waals surface area contributed by atoms with Crippen molar-refractivity contribution < 1.29 is 23.9 Å². The molecule has 37 heavy (non-hydrogen) atoms. The van der Waals surface area contributed by atoms with Crippen molar-refractivity contribution in [2.45, 2.75) is 76.0 Å². The lowest BCUT2D eigenvalue weighted by atomic mass is 9.90. The highest BCUT2D eigenvalue weighted by Gasteiger charge is 2.47. The van der Waals surface area contributed by atoms with E-state index in [0.29, 0.717) is 45.2 Å². The average Bonchev–Trinajstić information content (AvgIpc) is 3.27. The number of urea groups is 1. The Morgan fingerprint density at radius 2 is 1.78 bits per heavy atom. The van der Waals surface area contributed by atoms with E-state index in [0.717, 1.165) is 24.2 Å². The summed E-state index contributed by atoms with van der Waals surface area (Å²) < 4.78 is 5.18. The van der Waals surface area contributed by atoms with Gasteiger partial charge in [0.15, 0.2) is 0 Å². The summed E-state index contributed by atoms with van der Waals surface area (Å²) in [5, 5.41) is 8.40. The Kier molecular flexibility index (Phi) is 10.1. The highest BCUT2D eigenvalue weighted by atomic mass is 16.5. The van der Waals surface area contributed by atoms with Gasteiger partial charge in [-0.2, -0.15) is 0 Å². The summed E-state index contributed by atoms with van der Waals surface area (Å²) in [4.78, 5) is 52.5. The Balaban J connectivity index is 1.68. The topological polar surface area (TPSA) is 169 Å². The van der Waals surface area contributed by atoms with Crippen LogP contribution >= 0.6 is 0 Å². The molecule has 11 heteroatoms. The van der Waals surface area contributed by atoms with Crippen LogP contribution in [0, 0.1) is 5.92 Å². The number of fused-ring (bicyclic) bond motifs is 1. The maximum absolute atomic E-state index is 13.8. The molecule has 7 N–H and O–H groups in total. The maximum Gasteiger partial charge on any atom is 0.312 e. The summed E-state index contributed by atoms with van der Waals surface area (Å²) in [7, 11) is 1.61. The molecule has 0 aromatic heterocycles. The van der Waals surface area contributed by atoms with Crippen LogP contribution in [-0.4, -0.2) is 73.0 Å². The Morgan fingerprint density at radius 1 is 1.08 bits per heavy atom. The predicted molar refractivity (Wildman–Crippen MR) is 138 cm³/mol. The van der Waals surface area contributed by atoms with Gasteiger partial charge in [0.25, 0.3) is 0 Å². The van der Waals surface area contributed by atoms with Crippen LogP contribution in [0.2, 0.25) is 0 Å². The smallest absolute Gasteiger partial charge is 0.312 e. The predicted octanol–water partition coefficient (Wildman–Crippen LogP) is 0.404. The van der Waals surface area contributed by atoms with E-state index in [1.165, 1.54) is 0 Å². The fraction of sp³-hybridized carbons (Fsp3) is 0.615. The highest BCUT2D eigenvalue weighted by Crippen LogP contribution is 2.35. The zero-order chi connectivity index (χ0) is 26.9. The van der Waals surface area contributed by atoms with E-state index in [4.69, 9.17) is 16.2 Å². The number of hydrogen-bond acceptors (Lipinski definition) is 6. The Morgan fingerprint density at radius 3 is 2.43 bits per heavy atom. The first-order valence-electron chi connectivity index (χ1n) is 13.1. The monoisotopic (exact) mass is 516 g/mol. The van der Waals surface area contributed by atoms with Crippen LogP contribution in [0.25, 0.3) is 0 Å². The third-order valence-corrected chi connectivity index (χ3v) is 7.43. The number of methoxy groups -OCH3 is 1. The molecular weight excluding hydrogens is 476 g/mol. The lowest BCUT2D eigenvalue weighted by molar-refractivity contribution is -0.143. The molecule has 2 heterocycles. The Labute approximate surface area is 218 Å². The third-order valence-electron chi connectivity index (χ3n) is 7.43. The fourth-order valence-electron chi connectivity index (χ4n) is 5.25. The lowest BCUT2D eigenvalue weighted by Gasteiger charge is -2.32. The number of primary amides is 1. The van der Waals surface area contributed by atoms with Crippen LogP contribution in [0.4, 0.5) is 4.79 Å². The molecule has 2 saturated heterocycles. The van der Waals surface area contributed by atoms with Gasteiger partial charge >= 0.3 is 6.03 Å². The number of carbonyl (C=O) groups is 4. The molecule has 1 aromatic carbocycles. The number of amides is 5. The van der Waals surface area contributed by atoms with Crippen LogP contribution in [0.1, 0.15) is 51.0 Å². The maximum atomic E-state index is 13.8. The third kappa shape index (κ3) is 7.34. The number of rotatable bonds is 11. The summed E-state index contributed by atoms with van der Waals surface area (Å²) in [5.74, 6) is -0.289. The number of ether oxygens (including phenoxy) is 1. The van der Waals surface area contributed by atoms with Crippen LogP contribution in [0.5, 0.6) is 5.75 Å². The number of nitrogens with one attached hydrogen (secondary N) is 3. The van der Waals surface area contributed by atoms with E-state index in [2.05, 4.69) is 16.0 Å². The molecule has 0 bridgehead atoms. The van der Waals surface area contributed by atoms with E-state index in [1.807, 2.05) is 24.3 Å². The largest absolute Gasteiger partial charge is 0.497 e. The molecule has 0 radical (unpaired) electrons. The van der Waals surface area contributed by atoms with Crippen molar-refractivity contribution in [2.75, 3.05) is 20.2 Å². The van der Waals surface area contributed by atoms with Crippen molar-refractivity contribution in [3.8, 4) is 5.75 Å². The van der Waals surface area contributed by atoms with Crippen molar-refractivity contribution in [1.82, 2.24) is 20.9 Å². The number of nitrogens with zero attached hydrogens (tertiary/aromatic N) is 1. The van der Waals surface area contributed by atoms with Crippen molar-refractivity contribution in [2.24, 2.45) is 17.4 Å². The van der Waals surface area contributed by atoms with Gasteiger partial charge < -0.3 is 37.1 Å². The van der Waals surface area contributed by atoms with Gasteiger partial charge in [-0.25, -0.2) is 4.79 Å². The second-order valence-electron chi connectivity index (χ2n) is 9.80. The number of nitrogens with two attached hydrogens (primary N) is 2. The minimum absolute atomic E-state index is 0.0711. The van der Waals surface area contributed by atoms with Crippen molar-refractivity contribution in [3.63, 3.8) is 0 Å². The summed E-state index contributed by atoms with van der Waals surface area (Å²) >= 11 is 0. The SMILES string of the molecule is CC[C@H](N)C(=O)NC1C(=O)N2[C@@H](CC[C@@H]1CCNC(N)=O)CC[C@H]2C(=O)NCCc1ccc(OC)cc1. The quantitative estimate of drug-likeness (QED) is 0.285. The molecule has 2 aliphatic heterocycles. The van der Waals surface area contributed by atoms with E-state index < -0.39 is 30.1 Å². The minimum atomic E-state index is -0.822. The fourth-order valence-corrected chi connectivity index (χ4v) is 5.25. The van der Waals surface area contributed by atoms with E-state index in [-0.39, 0.29) is 23.8 Å². The molecule has 2 aliphatic rings. The van der Waals surface area contributed by atoms with Gasteiger partial charge in [-0.05, 0) is 68.6 Å². The molecule has 1 aromatic rings. The summed E-state index contributed by atoms with van der Waals surface area (Å²) in [5.41, 5.74) is 12.2. The minimum Gasteiger partial charge on any atom is -0.497 e. The molecule has 5 amide bonds. The van der Waals surface area contributed by atoms with Gasteiger partial charge in [0.05, 0.1) is 13.2 Å². The number of hydrogen-bond donors (Lipinski definition) is 5. The summed E-state index contributed by atoms with van der Waals surface area (Å²) in [6, 6.07) is 4.82. The van der Waals surface area contributed by atoms with Crippen LogP contribution in [0.15, 0.2) is 24.3 Å². The second kappa shape index (κ2) is 13.3. The lowest BCUT2D eigenvalue weighted by Crippen LogP contribution is -2.58. The molecular formula is C26H40N6O5. The molecule has 3 rings (SSSR count). The van der Waals surface area contributed by atoms with Crippen molar-refractivity contribution >= 4 is 23.8 Å².